The monoisotopic (exact) mass is 273 g/mol. The molecule has 0 radical (unpaired) electrons. The second-order valence-corrected chi connectivity index (χ2v) is 6.04. The summed E-state index contributed by atoms with van der Waals surface area (Å²) < 4.78 is 5.67. The van der Waals surface area contributed by atoms with Crippen molar-refractivity contribution in [3.8, 4) is 0 Å². The molecule has 1 aromatic rings. The molecule has 0 aromatic heterocycles. The molecule has 108 valence electrons. The summed E-state index contributed by atoms with van der Waals surface area (Å²) >= 11 is 0. The Morgan fingerprint density at radius 2 is 1.80 bits per heavy atom. The van der Waals surface area contributed by atoms with E-state index in [2.05, 4.69) is 5.32 Å². The van der Waals surface area contributed by atoms with Crippen LogP contribution in [0, 0.1) is 11.8 Å². The zero-order valence-electron chi connectivity index (χ0n) is 11.9. The van der Waals surface area contributed by atoms with Crippen LogP contribution in [0.1, 0.15) is 41.6 Å². The van der Waals surface area contributed by atoms with E-state index in [-0.39, 0.29) is 5.92 Å². The lowest BCUT2D eigenvalue weighted by atomic mass is 9.89. The highest BCUT2D eigenvalue weighted by Gasteiger charge is 2.22. The van der Waals surface area contributed by atoms with Crippen LogP contribution in [-0.4, -0.2) is 25.5 Å². The molecule has 0 spiro atoms. The summed E-state index contributed by atoms with van der Waals surface area (Å²) in [6.07, 6.45) is 4.57. The summed E-state index contributed by atoms with van der Waals surface area (Å²) in [5, 5.41) is 3.30. The molecule has 20 heavy (non-hydrogen) atoms. The summed E-state index contributed by atoms with van der Waals surface area (Å²) in [7, 11) is 0. The van der Waals surface area contributed by atoms with Gasteiger partial charge in [0.05, 0.1) is 6.61 Å². The molecule has 0 atom stereocenters. The van der Waals surface area contributed by atoms with Gasteiger partial charge in [0.15, 0.2) is 5.78 Å². The summed E-state index contributed by atoms with van der Waals surface area (Å²) in [5.41, 5.74) is 2.01. The SMILES string of the molecule is O=C(c1ccc(COCC2CC2)cc1)C1CCNCC1. The molecule has 1 aliphatic carbocycles. The first-order valence-electron chi connectivity index (χ1n) is 7.74. The Bertz CT molecular complexity index is 445. The van der Waals surface area contributed by atoms with Gasteiger partial charge in [0.2, 0.25) is 0 Å². The van der Waals surface area contributed by atoms with Gasteiger partial charge in [-0.1, -0.05) is 24.3 Å². The van der Waals surface area contributed by atoms with E-state index < -0.39 is 0 Å². The van der Waals surface area contributed by atoms with E-state index in [9.17, 15) is 4.79 Å². The average molecular weight is 273 g/mol. The minimum atomic E-state index is 0.202. The summed E-state index contributed by atoms with van der Waals surface area (Å²) in [6.45, 7) is 3.47. The minimum Gasteiger partial charge on any atom is -0.376 e. The predicted molar refractivity (Wildman–Crippen MR) is 78.7 cm³/mol. The molecule has 1 heterocycles. The molecule has 0 amide bonds. The maximum absolute atomic E-state index is 12.4. The highest BCUT2D eigenvalue weighted by Crippen LogP contribution is 2.29. The maximum atomic E-state index is 12.4. The maximum Gasteiger partial charge on any atom is 0.166 e. The number of ketones is 1. The van der Waals surface area contributed by atoms with Gasteiger partial charge in [-0.3, -0.25) is 4.79 Å². The van der Waals surface area contributed by atoms with Crippen LogP contribution in [0.5, 0.6) is 0 Å². The average Bonchev–Trinajstić information content (AvgIpc) is 3.32. The van der Waals surface area contributed by atoms with Gasteiger partial charge in [-0.15, -0.1) is 0 Å². The third kappa shape index (κ3) is 3.68. The van der Waals surface area contributed by atoms with E-state index in [4.69, 9.17) is 4.74 Å². The highest BCUT2D eigenvalue weighted by molar-refractivity contribution is 5.97. The number of benzene rings is 1. The van der Waals surface area contributed by atoms with Crippen LogP contribution in [0.4, 0.5) is 0 Å². The molecule has 3 rings (SSSR count). The van der Waals surface area contributed by atoms with Crippen molar-refractivity contribution in [3.05, 3.63) is 35.4 Å². The number of hydrogen-bond acceptors (Lipinski definition) is 3. The molecule has 0 bridgehead atoms. The summed E-state index contributed by atoms with van der Waals surface area (Å²) in [4.78, 5) is 12.4. The number of Topliss-reactive ketones (excluding diaryl/α,β-unsaturated/α-hetero) is 1. The van der Waals surface area contributed by atoms with Crippen molar-refractivity contribution in [1.82, 2.24) is 5.32 Å². The van der Waals surface area contributed by atoms with Gasteiger partial charge >= 0.3 is 0 Å². The number of nitrogens with one attached hydrogen (secondary N) is 1. The molecular weight excluding hydrogens is 250 g/mol. The van der Waals surface area contributed by atoms with Crippen molar-refractivity contribution in [2.75, 3.05) is 19.7 Å². The highest BCUT2D eigenvalue weighted by atomic mass is 16.5. The van der Waals surface area contributed by atoms with Crippen molar-refractivity contribution in [2.24, 2.45) is 11.8 Å². The van der Waals surface area contributed by atoms with Gasteiger partial charge in [-0.25, -0.2) is 0 Å². The third-order valence-corrected chi connectivity index (χ3v) is 4.27. The number of carbonyl (C=O) groups is 1. The predicted octanol–water partition coefficient (Wildman–Crippen LogP) is 2.80. The Hall–Kier alpha value is -1.19. The standard InChI is InChI=1S/C17H23NO2/c19-17(16-7-9-18-10-8-16)15-5-3-14(4-6-15)12-20-11-13-1-2-13/h3-6,13,16,18H,1-2,7-12H2. The Balaban J connectivity index is 1.52. The Kier molecular flexibility index (Phi) is 4.48. The number of carbonyl (C=O) groups excluding carboxylic acids is 1. The Morgan fingerprint density at radius 3 is 2.45 bits per heavy atom. The van der Waals surface area contributed by atoms with Crippen LogP contribution in [0.2, 0.25) is 0 Å². The zero-order chi connectivity index (χ0) is 13.8. The first-order chi connectivity index (χ1) is 9.83. The number of rotatable bonds is 6. The van der Waals surface area contributed by atoms with Gasteiger partial charge in [0.25, 0.3) is 0 Å². The molecule has 0 unspecified atom stereocenters. The van der Waals surface area contributed by atoms with E-state index in [0.29, 0.717) is 12.4 Å². The quantitative estimate of drug-likeness (QED) is 0.810. The van der Waals surface area contributed by atoms with Gasteiger partial charge in [-0.05, 0) is 50.3 Å². The van der Waals surface area contributed by atoms with E-state index in [1.54, 1.807) is 0 Å². The molecule has 2 fully saturated rings. The van der Waals surface area contributed by atoms with Gasteiger partial charge in [0, 0.05) is 18.1 Å². The fourth-order valence-electron chi connectivity index (χ4n) is 2.71. The second kappa shape index (κ2) is 6.51. The molecule has 1 aliphatic heterocycles. The van der Waals surface area contributed by atoms with Gasteiger partial charge in [0.1, 0.15) is 0 Å². The van der Waals surface area contributed by atoms with E-state index >= 15 is 0 Å². The van der Waals surface area contributed by atoms with Gasteiger partial charge < -0.3 is 10.1 Å². The largest absolute Gasteiger partial charge is 0.376 e. The zero-order valence-corrected chi connectivity index (χ0v) is 11.9. The van der Waals surface area contributed by atoms with Crippen molar-refractivity contribution in [3.63, 3.8) is 0 Å². The lowest BCUT2D eigenvalue weighted by molar-refractivity contribution is 0.0894. The van der Waals surface area contributed by atoms with Crippen molar-refractivity contribution >= 4 is 5.78 Å². The van der Waals surface area contributed by atoms with Crippen LogP contribution in [0.3, 0.4) is 0 Å². The van der Waals surface area contributed by atoms with E-state index in [0.717, 1.165) is 49.6 Å². The van der Waals surface area contributed by atoms with Crippen LogP contribution in [0.25, 0.3) is 0 Å². The van der Waals surface area contributed by atoms with E-state index in [1.165, 1.54) is 12.8 Å². The van der Waals surface area contributed by atoms with Crippen LogP contribution in [0.15, 0.2) is 24.3 Å². The fraction of sp³-hybridized carbons (Fsp3) is 0.588. The lowest BCUT2D eigenvalue weighted by Crippen LogP contribution is -2.31. The minimum absolute atomic E-state index is 0.202. The van der Waals surface area contributed by atoms with Gasteiger partial charge in [-0.2, -0.15) is 0 Å². The van der Waals surface area contributed by atoms with E-state index in [1.807, 2.05) is 24.3 Å². The summed E-state index contributed by atoms with van der Waals surface area (Å²) in [5.74, 6) is 1.31. The first-order valence-corrected chi connectivity index (χ1v) is 7.74. The molecule has 1 N–H and O–H groups in total. The Morgan fingerprint density at radius 1 is 1.10 bits per heavy atom. The van der Waals surface area contributed by atoms with Crippen LogP contribution in [-0.2, 0) is 11.3 Å². The first kappa shape index (κ1) is 13.8. The number of hydrogen-bond donors (Lipinski definition) is 1. The van der Waals surface area contributed by atoms with Crippen molar-refractivity contribution in [2.45, 2.75) is 32.3 Å². The fourth-order valence-corrected chi connectivity index (χ4v) is 2.71. The normalized spacial score (nSPS) is 20.0. The third-order valence-electron chi connectivity index (χ3n) is 4.27. The smallest absolute Gasteiger partial charge is 0.166 e. The number of piperidine rings is 1. The topological polar surface area (TPSA) is 38.3 Å². The molecule has 1 saturated carbocycles. The van der Waals surface area contributed by atoms with Crippen LogP contribution < -0.4 is 5.32 Å². The summed E-state index contributed by atoms with van der Waals surface area (Å²) in [6, 6.07) is 7.97. The molecule has 3 nitrogen and oxygen atoms in total. The molecular formula is C17H23NO2. The molecule has 1 saturated heterocycles. The second-order valence-electron chi connectivity index (χ2n) is 6.04. The Labute approximate surface area is 120 Å². The lowest BCUT2D eigenvalue weighted by Gasteiger charge is -2.21. The molecule has 1 aromatic carbocycles. The number of ether oxygens (including phenoxy) is 1. The molecule has 3 heteroatoms. The van der Waals surface area contributed by atoms with Crippen LogP contribution >= 0.6 is 0 Å². The van der Waals surface area contributed by atoms with Crippen molar-refractivity contribution in [1.29, 1.82) is 0 Å². The van der Waals surface area contributed by atoms with Crippen molar-refractivity contribution < 1.29 is 9.53 Å². The molecule has 2 aliphatic rings.